The molecule has 4 rings (SSSR count). The van der Waals surface area contributed by atoms with Crippen molar-refractivity contribution in [3.05, 3.63) is 77.5 Å². The molecule has 190 valence electrons. The van der Waals surface area contributed by atoms with Crippen LogP contribution in [0.15, 0.2) is 65.7 Å². The molecule has 8 nitrogen and oxygen atoms in total. The number of likely N-dealkylation sites (tertiary alicyclic amines) is 1. The van der Waals surface area contributed by atoms with Gasteiger partial charge in [-0.1, -0.05) is 18.2 Å². The Labute approximate surface area is 213 Å². The van der Waals surface area contributed by atoms with Crippen molar-refractivity contribution in [2.24, 2.45) is 0 Å². The number of aryl methyl sites for hydroxylation is 1. The van der Waals surface area contributed by atoms with Crippen LogP contribution in [0.1, 0.15) is 54.1 Å². The molecule has 9 heteroatoms. The lowest BCUT2D eigenvalue weighted by Gasteiger charge is -2.32. The van der Waals surface area contributed by atoms with Crippen LogP contribution in [0, 0.1) is 6.92 Å². The van der Waals surface area contributed by atoms with Gasteiger partial charge >= 0.3 is 0 Å². The number of hydrogen-bond donors (Lipinski definition) is 3. The Hall–Kier alpha value is -3.59. The molecule has 1 aliphatic heterocycles. The van der Waals surface area contributed by atoms with E-state index >= 15 is 0 Å². The molecule has 1 fully saturated rings. The fourth-order valence-electron chi connectivity index (χ4n) is 4.36. The minimum Gasteiger partial charge on any atom is -0.399 e. The van der Waals surface area contributed by atoms with Gasteiger partial charge in [-0.25, -0.2) is 13.4 Å². The molecule has 0 atom stereocenters. The topological polar surface area (TPSA) is 117 Å². The molecule has 1 aliphatic rings. The minimum absolute atomic E-state index is 0.0534. The molecular formula is C27H33N5O3S. The molecule has 2 heterocycles. The molecule has 0 aliphatic carbocycles. The second-order valence-corrected chi connectivity index (χ2v) is 11.2. The van der Waals surface area contributed by atoms with Crippen LogP contribution in [-0.4, -0.2) is 43.3 Å². The van der Waals surface area contributed by atoms with Crippen molar-refractivity contribution in [2.75, 3.05) is 28.9 Å². The maximum Gasteiger partial charge on any atom is 0.263 e. The Balaban J connectivity index is 1.44. The van der Waals surface area contributed by atoms with Crippen LogP contribution < -0.4 is 15.8 Å². The number of piperidine rings is 1. The van der Waals surface area contributed by atoms with Crippen LogP contribution in [-0.2, 0) is 10.0 Å². The van der Waals surface area contributed by atoms with Gasteiger partial charge in [0.25, 0.3) is 15.9 Å². The van der Waals surface area contributed by atoms with Crippen molar-refractivity contribution in [1.29, 1.82) is 0 Å². The molecule has 1 aromatic heterocycles. The predicted molar refractivity (Wildman–Crippen MR) is 144 cm³/mol. The maximum atomic E-state index is 13.2. The SMILES string of the molecule is Cc1ccc(C(=O)N2CCC(c3ccc(N)cc3)CC2)cc1NS(=O)(=O)c1ccc(NC(C)C)nc1. The third kappa shape index (κ3) is 5.96. The molecule has 0 bridgehead atoms. The van der Waals surface area contributed by atoms with Crippen LogP contribution in [0.5, 0.6) is 0 Å². The van der Waals surface area contributed by atoms with Gasteiger partial charge in [0.1, 0.15) is 10.7 Å². The van der Waals surface area contributed by atoms with Gasteiger partial charge in [0.2, 0.25) is 0 Å². The highest BCUT2D eigenvalue weighted by Gasteiger charge is 2.25. The Morgan fingerprint density at radius 2 is 1.75 bits per heavy atom. The van der Waals surface area contributed by atoms with E-state index in [-0.39, 0.29) is 16.8 Å². The zero-order chi connectivity index (χ0) is 25.9. The number of nitrogens with one attached hydrogen (secondary N) is 2. The highest BCUT2D eigenvalue weighted by atomic mass is 32.2. The summed E-state index contributed by atoms with van der Waals surface area (Å²) in [6.45, 7) is 7.05. The molecule has 0 spiro atoms. The first kappa shape index (κ1) is 25.5. The summed E-state index contributed by atoms with van der Waals surface area (Å²) in [5.74, 6) is 0.899. The van der Waals surface area contributed by atoms with E-state index in [0.29, 0.717) is 36.1 Å². The van der Waals surface area contributed by atoms with E-state index < -0.39 is 10.0 Å². The number of carbonyl (C=O) groups is 1. The molecular weight excluding hydrogens is 474 g/mol. The van der Waals surface area contributed by atoms with Gasteiger partial charge < -0.3 is 16.0 Å². The van der Waals surface area contributed by atoms with Crippen molar-refractivity contribution in [3.8, 4) is 0 Å². The molecule has 1 saturated heterocycles. The maximum absolute atomic E-state index is 13.2. The first-order valence-corrected chi connectivity index (χ1v) is 13.6. The molecule has 4 N–H and O–H groups in total. The number of nitrogens with zero attached hydrogens (tertiary/aromatic N) is 2. The molecule has 1 amide bonds. The fourth-order valence-corrected chi connectivity index (χ4v) is 5.42. The summed E-state index contributed by atoms with van der Waals surface area (Å²) in [6, 6.07) is 16.4. The van der Waals surface area contributed by atoms with Crippen molar-refractivity contribution in [1.82, 2.24) is 9.88 Å². The van der Waals surface area contributed by atoms with E-state index in [2.05, 4.69) is 27.2 Å². The Morgan fingerprint density at radius 1 is 1.06 bits per heavy atom. The number of amides is 1. The lowest BCUT2D eigenvalue weighted by atomic mass is 9.89. The van der Waals surface area contributed by atoms with Crippen molar-refractivity contribution in [2.45, 2.75) is 50.5 Å². The highest BCUT2D eigenvalue weighted by molar-refractivity contribution is 7.92. The standard InChI is InChI=1S/C27H33N5O3S/c1-18(2)30-26-11-10-24(17-29-26)36(34,35)31-25-16-22(5-4-19(25)3)27(33)32-14-12-21(13-15-32)20-6-8-23(28)9-7-20/h4-11,16-18,21,31H,12-15,28H2,1-3H3,(H,29,30). The highest BCUT2D eigenvalue weighted by Crippen LogP contribution is 2.30. The summed E-state index contributed by atoms with van der Waals surface area (Å²) in [5.41, 5.74) is 9.34. The lowest BCUT2D eigenvalue weighted by Crippen LogP contribution is -2.38. The summed E-state index contributed by atoms with van der Waals surface area (Å²) >= 11 is 0. The lowest BCUT2D eigenvalue weighted by molar-refractivity contribution is 0.0713. The average molecular weight is 508 g/mol. The zero-order valence-corrected chi connectivity index (χ0v) is 21.7. The van der Waals surface area contributed by atoms with E-state index in [1.54, 1.807) is 31.2 Å². The van der Waals surface area contributed by atoms with Crippen LogP contribution in [0.3, 0.4) is 0 Å². The quantitative estimate of drug-likeness (QED) is 0.402. The van der Waals surface area contributed by atoms with Crippen LogP contribution in [0.25, 0.3) is 0 Å². The number of carbonyl (C=O) groups excluding carboxylic acids is 1. The smallest absolute Gasteiger partial charge is 0.263 e. The first-order chi connectivity index (χ1) is 17.1. The molecule has 0 unspecified atom stereocenters. The van der Waals surface area contributed by atoms with Crippen molar-refractivity contribution in [3.63, 3.8) is 0 Å². The Bertz CT molecular complexity index is 1310. The summed E-state index contributed by atoms with van der Waals surface area (Å²) in [4.78, 5) is 19.3. The predicted octanol–water partition coefficient (Wildman–Crippen LogP) is 4.61. The molecule has 0 saturated carbocycles. The molecule has 36 heavy (non-hydrogen) atoms. The van der Waals surface area contributed by atoms with E-state index in [0.717, 1.165) is 24.1 Å². The van der Waals surface area contributed by atoms with Gasteiger partial charge in [-0.05, 0) is 87.1 Å². The van der Waals surface area contributed by atoms with Crippen LogP contribution in [0.2, 0.25) is 0 Å². The normalized spacial score (nSPS) is 14.6. The number of nitrogen functional groups attached to an aromatic ring is 1. The molecule has 0 radical (unpaired) electrons. The molecule has 3 aromatic rings. The summed E-state index contributed by atoms with van der Waals surface area (Å²) in [7, 11) is -3.86. The minimum atomic E-state index is -3.86. The van der Waals surface area contributed by atoms with Gasteiger partial charge in [-0.15, -0.1) is 0 Å². The summed E-state index contributed by atoms with van der Waals surface area (Å²) in [5, 5.41) is 3.13. The zero-order valence-electron chi connectivity index (χ0n) is 20.9. The Kier molecular flexibility index (Phi) is 7.49. The van der Waals surface area contributed by atoms with Crippen LogP contribution in [0.4, 0.5) is 17.2 Å². The molecule has 2 aromatic carbocycles. The van der Waals surface area contributed by atoms with Crippen molar-refractivity contribution >= 4 is 33.1 Å². The van der Waals surface area contributed by atoms with E-state index in [1.165, 1.54) is 17.8 Å². The first-order valence-electron chi connectivity index (χ1n) is 12.1. The Morgan fingerprint density at radius 3 is 2.36 bits per heavy atom. The van der Waals surface area contributed by atoms with Gasteiger partial charge in [0, 0.05) is 36.6 Å². The monoisotopic (exact) mass is 507 g/mol. The summed E-state index contributed by atoms with van der Waals surface area (Å²) < 4.78 is 28.6. The number of sulfonamides is 1. The van der Waals surface area contributed by atoms with Crippen molar-refractivity contribution < 1.29 is 13.2 Å². The number of benzene rings is 2. The third-order valence-corrected chi connectivity index (χ3v) is 7.75. The van der Waals surface area contributed by atoms with E-state index in [4.69, 9.17) is 5.73 Å². The number of rotatable bonds is 7. The summed E-state index contributed by atoms with van der Waals surface area (Å²) in [6.07, 6.45) is 3.06. The second kappa shape index (κ2) is 10.6. The number of nitrogens with two attached hydrogens (primary N) is 1. The van der Waals surface area contributed by atoms with Crippen LogP contribution >= 0.6 is 0 Å². The van der Waals surface area contributed by atoms with E-state index in [9.17, 15) is 13.2 Å². The van der Waals surface area contributed by atoms with Gasteiger partial charge in [-0.3, -0.25) is 9.52 Å². The number of aromatic nitrogens is 1. The second-order valence-electron chi connectivity index (χ2n) is 9.55. The fraction of sp³-hybridized carbons (Fsp3) is 0.333. The number of pyridine rings is 1. The third-order valence-electron chi connectivity index (χ3n) is 6.40. The number of hydrogen-bond acceptors (Lipinski definition) is 6. The van der Waals surface area contributed by atoms with Gasteiger partial charge in [0.05, 0.1) is 5.69 Å². The number of anilines is 3. The largest absolute Gasteiger partial charge is 0.399 e. The van der Waals surface area contributed by atoms with Gasteiger partial charge in [-0.2, -0.15) is 0 Å². The van der Waals surface area contributed by atoms with Gasteiger partial charge in [0.15, 0.2) is 0 Å². The van der Waals surface area contributed by atoms with E-state index in [1.807, 2.05) is 30.9 Å². The average Bonchev–Trinajstić information content (AvgIpc) is 2.85.